The van der Waals surface area contributed by atoms with Crippen molar-refractivity contribution in [2.24, 2.45) is 0 Å². The molecular formula is C12H27NO4. The fraction of sp³-hybridized carbons (Fsp3) is 1.00. The molecule has 0 rings (SSSR count). The zero-order chi connectivity index (χ0) is 12.8. The van der Waals surface area contributed by atoms with E-state index in [2.05, 4.69) is 6.92 Å². The summed E-state index contributed by atoms with van der Waals surface area (Å²) in [6.45, 7) is 4.08. The van der Waals surface area contributed by atoms with Gasteiger partial charge in [0.2, 0.25) is 0 Å². The van der Waals surface area contributed by atoms with Gasteiger partial charge in [-0.15, -0.1) is 0 Å². The fourth-order valence-corrected chi connectivity index (χ4v) is 1.30. The predicted octanol–water partition coefficient (Wildman–Crippen LogP) is 1.50. The van der Waals surface area contributed by atoms with Crippen LogP contribution >= 0.6 is 0 Å². The highest BCUT2D eigenvalue weighted by atomic mass is 16.9. The van der Waals surface area contributed by atoms with Gasteiger partial charge < -0.3 is 10.2 Å². The summed E-state index contributed by atoms with van der Waals surface area (Å²) >= 11 is 0. The van der Waals surface area contributed by atoms with Crippen molar-refractivity contribution in [1.82, 2.24) is 5.23 Å². The van der Waals surface area contributed by atoms with Gasteiger partial charge in [-0.3, -0.25) is 9.68 Å². The van der Waals surface area contributed by atoms with E-state index in [1.807, 2.05) is 0 Å². The van der Waals surface area contributed by atoms with E-state index < -0.39 is 0 Å². The third kappa shape index (κ3) is 12.1. The number of aliphatic hydroxyl groups excluding tert-OH is 2. The van der Waals surface area contributed by atoms with Crippen molar-refractivity contribution in [2.45, 2.75) is 45.4 Å². The monoisotopic (exact) mass is 249 g/mol. The molecule has 17 heavy (non-hydrogen) atoms. The van der Waals surface area contributed by atoms with Gasteiger partial charge >= 0.3 is 0 Å². The highest BCUT2D eigenvalue weighted by Crippen LogP contribution is 2.03. The van der Waals surface area contributed by atoms with Gasteiger partial charge in [-0.25, -0.2) is 0 Å². The molecule has 2 N–H and O–H groups in total. The normalized spacial score (nSPS) is 11.3. The van der Waals surface area contributed by atoms with Crippen LogP contribution in [0.5, 0.6) is 0 Å². The summed E-state index contributed by atoms with van der Waals surface area (Å²) in [6, 6.07) is 0. The van der Waals surface area contributed by atoms with Crippen molar-refractivity contribution in [3.05, 3.63) is 0 Å². The van der Waals surface area contributed by atoms with Crippen LogP contribution in [-0.4, -0.2) is 48.4 Å². The zero-order valence-corrected chi connectivity index (χ0v) is 10.9. The molecule has 0 aliphatic heterocycles. The van der Waals surface area contributed by atoms with Gasteiger partial charge in [0.25, 0.3) is 0 Å². The first kappa shape index (κ1) is 16.8. The Bertz CT molecular complexity index is 136. The molecule has 0 saturated heterocycles. The van der Waals surface area contributed by atoms with Crippen molar-refractivity contribution in [3.8, 4) is 0 Å². The zero-order valence-electron chi connectivity index (χ0n) is 10.9. The summed E-state index contributed by atoms with van der Waals surface area (Å²) in [5.74, 6) is 0. The van der Waals surface area contributed by atoms with E-state index in [9.17, 15) is 0 Å². The molecule has 0 aliphatic carbocycles. The second-order valence-corrected chi connectivity index (χ2v) is 3.94. The van der Waals surface area contributed by atoms with Crippen molar-refractivity contribution >= 4 is 0 Å². The maximum absolute atomic E-state index is 8.67. The van der Waals surface area contributed by atoms with E-state index in [4.69, 9.17) is 19.9 Å². The summed E-state index contributed by atoms with van der Waals surface area (Å²) in [5, 5.41) is 18.8. The SMILES string of the molecule is CCCCCCN(OCCCO)OCCCO. The molecule has 0 spiro atoms. The number of aliphatic hydroxyl groups is 2. The van der Waals surface area contributed by atoms with E-state index in [0.29, 0.717) is 26.1 Å². The summed E-state index contributed by atoms with van der Waals surface area (Å²) in [5.41, 5.74) is 0. The highest BCUT2D eigenvalue weighted by Gasteiger charge is 2.05. The van der Waals surface area contributed by atoms with Gasteiger partial charge in [0.15, 0.2) is 0 Å². The number of nitrogens with zero attached hydrogens (tertiary/aromatic N) is 1. The second-order valence-electron chi connectivity index (χ2n) is 3.94. The van der Waals surface area contributed by atoms with Crippen LogP contribution in [0.4, 0.5) is 0 Å². The predicted molar refractivity (Wildman–Crippen MR) is 66.2 cm³/mol. The molecule has 0 radical (unpaired) electrons. The number of hydroxylamine groups is 2. The molecule has 5 heteroatoms. The molecule has 5 nitrogen and oxygen atoms in total. The summed E-state index contributed by atoms with van der Waals surface area (Å²) in [7, 11) is 0. The Morgan fingerprint density at radius 3 is 1.88 bits per heavy atom. The second kappa shape index (κ2) is 13.9. The van der Waals surface area contributed by atoms with Crippen LogP contribution in [0.1, 0.15) is 45.4 Å². The molecular weight excluding hydrogens is 222 g/mol. The van der Waals surface area contributed by atoms with Crippen LogP contribution in [-0.2, 0) is 9.68 Å². The van der Waals surface area contributed by atoms with E-state index in [0.717, 1.165) is 13.0 Å². The Kier molecular flexibility index (Phi) is 13.7. The minimum atomic E-state index is 0.125. The van der Waals surface area contributed by atoms with Crippen LogP contribution < -0.4 is 0 Å². The standard InChI is InChI=1S/C12H27NO4/c1-2-3-4-5-8-13(16-11-6-9-14)17-12-7-10-15/h14-15H,2-12H2,1H3. The lowest BCUT2D eigenvalue weighted by Gasteiger charge is -2.20. The molecule has 0 heterocycles. The molecule has 0 aliphatic rings. The molecule has 0 unspecified atom stereocenters. The van der Waals surface area contributed by atoms with E-state index in [-0.39, 0.29) is 13.2 Å². The quantitative estimate of drug-likeness (QED) is 0.382. The topological polar surface area (TPSA) is 62.2 Å². The maximum Gasteiger partial charge on any atom is 0.0733 e. The smallest absolute Gasteiger partial charge is 0.0733 e. The number of unbranched alkanes of at least 4 members (excludes halogenated alkanes) is 3. The van der Waals surface area contributed by atoms with Gasteiger partial charge in [-0.05, 0) is 19.3 Å². The molecule has 0 atom stereocenters. The average Bonchev–Trinajstić information content (AvgIpc) is 2.34. The van der Waals surface area contributed by atoms with Gasteiger partial charge in [0, 0.05) is 13.2 Å². The van der Waals surface area contributed by atoms with E-state index in [1.54, 1.807) is 0 Å². The lowest BCUT2D eigenvalue weighted by atomic mass is 10.2. The molecule has 0 fully saturated rings. The summed E-state index contributed by atoms with van der Waals surface area (Å²) in [6.07, 6.45) is 5.84. The van der Waals surface area contributed by atoms with Gasteiger partial charge in [-0.1, -0.05) is 31.4 Å². The Morgan fingerprint density at radius 2 is 1.41 bits per heavy atom. The third-order valence-electron chi connectivity index (χ3n) is 2.27. The van der Waals surface area contributed by atoms with Crippen LogP contribution in [0.2, 0.25) is 0 Å². The minimum Gasteiger partial charge on any atom is -0.396 e. The van der Waals surface area contributed by atoms with Crippen LogP contribution in [0.3, 0.4) is 0 Å². The number of rotatable bonds is 13. The van der Waals surface area contributed by atoms with Crippen molar-refractivity contribution in [2.75, 3.05) is 33.0 Å². The van der Waals surface area contributed by atoms with Crippen molar-refractivity contribution in [1.29, 1.82) is 0 Å². The first-order chi connectivity index (χ1) is 8.35. The van der Waals surface area contributed by atoms with Crippen LogP contribution in [0, 0.1) is 0 Å². The van der Waals surface area contributed by atoms with Crippen LogP contribution in [0.15, 0.2) is 0 Å². The summed E-state index contributed by atoms with van der Waals surface area (Å²) < 4.78 is 0. The Balaban J connectivity index is 3.60. The first-order valence-corrected chi connectivity index (χ1v) is 6.60. The molecule has 0 aromatic rings. The molecule has 0 aromatic carbocycles. The van der Waals surface area contributed by atoms with Crippen molar-refractivity contribution < 1.29 is 19.9 Å². The maximum atomic E-state index is 8.67. The van der Waals surface area contributed by atoms with Gasteiger partial charge in [0.05, 0.1) is 19.8 Å². The fourth-order valence-electron chi connectivity index (χ4n) is 1.30. The van der Waals surface area contributed by atoms with Crippen LogP contribution in [0.25, 0.3) is 0 Å². The van der Waals surface area contributed by atoms with E-state index in [1.165, 1.54) is 24.5 Å². The lowest BCUT2D eigenvalue weighted by Crippen LogP contribution is -2.27. The number of hydrogen-bond donors (Lipinski definition) is 2. The molecule has 0 bridgehead atoms. The van der Waals surface area contributed by atoms with Gasteiger partial charge in [0.1, 0.15) is 0 Å². The highest BCUT2D eigenvalue weighted by molar-refractivity contribution is 4.42. The molecule has 0 amide bonds. The summed E-state index contributed by atoms with van der Waals surface area (Å²) in [4.78, 5) is 10.8. The molecule has 104 valence electrons. The van der Waals surface area contributed by atoms with Crippen molar-refractivity contribution in [3.63, 3.8) is 0 Å². The largest absolute Gasteiger partial charge is 0.396 e. The first-order valence-electron chi connectivity index (χ1n) is 6.60. The molecule has 0 aromatic heterocycles. The van der Waals surface area contributed by atoms with E-state index >= 15 is 0 Å². The Hall–Kier alpha value is -0.200. The lowest BCUT2D eigenvalue weighted by molar-refractivity contribution is -0.369. The Labute approximate surface area is 104 Å². The Morgan fingerprint density at radius 1 is 0.824 bits per heavy atom. The molecule has 0 saturated carbocycles. The third-order valence-corrected chi connectivity index (χ3v) is 2.27. The number of hydrogen-bond acceptors (Lipinski definition) is 5. The van der Waals surface area contributed by atoms with Gasteiger partial charge in [-0.2, -0.15) is 0 Å². The minimum absolute atomic E-state index is 0.125. The average molecular weight is 249 g/mol.